The third kappa shape index (κ3) is 4.29. The standard InChI is InChI=1S/C8H16BrO/c1-6(2)8(10)4-7(3)5-9/h6-8H,4-5H2,1-3H3. The van der Waals surface area contributed by atoms with Crippen LogP contribution in [0.15, 0.2) is 0 Å². The SMILES string of the molecule is CC(CBr)CC([O])C(C)C. The molecule has 1 nitrogen and oxygen atoms in total. The molecule has 2 atom stereocenters. The maximum absolute atomic E-state index is 11.2. The Morgan fingerprint density at radius 1 is 1.30 bits per heavy atom. The van der Waals surface area contributed by atoms with Gasteiger partial charge >= 0.3 is 0 Å². The number of alkyl halides is 1. The molecule has 0 aliphatic heterocycles. The van der Waals surface area contributed by atoms with Gasteiger partial charge in [0.15, 0.2) is 0 Å². The molecule has 0 aliphatic carbocycles. The number of rotatable bonds is 4. The first-order valence-electron chi connectivity index (χ1n) is 3.79. The van der Waals surface area contributed by atoms with E-state index < -0.39 is 0 Å². The van der Waals surface area contributed by atoms with Crippen LogP contribution < -0.4 is 0 Å². The highest BCUT2D eigenvalue weighted by Crippen LogP contribution is 2.14. The molecule has 0 N–H and O–H groups in total. The van der Waals surface area contributed by atoms with Gasteiger partial charge in [-0.25, -0.2) is 5.11 Å². The van der Waals surface area contributed by atoms with Crippen molar-refractivity contribution in [3.63, 3.8) is 0 Å². The minimum atomic E-state index is -0.382. The summed E-state index contributed by atoms with van der Waals surface area (Å²) in [4.78, 5) is 0. The normalized spacial score (nSPS) is 17.4. The molecule has 0 bridgehead atoms. The molecule has 0 aromatic carbocycles. The van der Waals surface area contributed by atoms with E-state index in [1.54, 1.807) is 0 Å². The highest BCUT2D eigenvalue weighted by molar-refractivity contribution is 9.09. The van der Waals surface area contributed by atoms with Gasteiger partial charge in [0.05, 0.1) is 6.10 Å². The third-order valence-electron chi connectivity index (χ3n) is 1.64. The zero-order chi connectivity index (χ0) is 8.15. The summed E-state index contributed by atoms with van der Waals surface area (Å²) in [5.74, 6) is 0.798. The smallest absolute Gasteiger partial charge is 0.0955 e. The quantitative estimate of drug-likeness (QED) is 0.633. The average Bonchev–Trinajstić information content (AvgIpc) is 1.87. The van der Waals surface area contributed by atoms with E-state index >= 15 is 0 Å². The molecule has 2 unspecified atom stereocenters. The van der Waals surface area contributed by atoms with Gasteiger partial charge in [-0.15, -0.1) is 0 Å². The topological polar surface area (TPSA) is 19.9 Å². The minimum absolute atomic E-state index is 0.279. The third-order valence-corrected chi connectivity index (χ3v) is 2.75. The first-order valence-corrected chi connectivity index (χ1v) is 4.91. The molecule has 0 saturated carbocycles. The average molecular weight is 208 g/mol. The lowest BCUT2D eigenvalue weighted by molar-refractivity contribution is 0.0334. The second-order valence-electron chi connectivity index (χ2n) is 3.28. The fourth-order valence-corrected chi connectivity index (χ4v) is 0.996. The van der Waals surface area contributed by atoms with Crippen molar-refractivity contribution in [2.75, 3.05) is 5.33 Å². The molecule has 0 aromatic heterocycles. The van der Waals surface area contributed by atoms with Gasteiger partial charge in [0, 0.05) is 5.33 Å². The number of hydrogen-bond acceptors (Lipinski definition) is 0. The molecule has 0 saturated heterocycles. The zero-order valence-corrected chi connectivity index (χ0v) is 8.52. The summed E-state index contributed by atoms with van der Waals surface area (Å²) in [6.45, 7) is 6.07. The van der Waals surface area contributed by atoms with Gasteiger partial charge in [-0.2, -0.15) is 0 Å². The van der Waals surface area contributed by atoms with Crippen molar-refractivity contribution >= 4 is 15.9 Å². The molecular weight excluding hydrogens is 192 g/mol. The Morgan fingerprint density at radius 3 is 2.10 bits per heavy atom. The van der Waals surface area contributed by atoms with E-state index in [1.165, 1.54) is 0 Å². The van der Waals surface area contributed by atoms with Gasteiger partial charge in [0.25, 0.3) is 0 Å². The fraction of sp³-hybridized carbons (Fsp3) is 1.00. The molecule has 0 amide bonds. The first kappa shape index (κ1) is 10.4. The van der Waals surface area contributed by atoms with Crippen molar-refractivity contribution in [3.8, 4) is 0 Å². The number of hydrogen-bond donors (Lipinski definition) is 0. The summed E-state index contributed by atoms with van der Waals surface area (Å²) in [5, 5.41) is 12.1. The van der Waals surface area contributed by atoms with Gasteiger partial charge in [0.1, 0.15) is 0 Å². The predicted molar refractivity (Wildman–Crippen MR) is 46.9 cm³/mol. The molecular formula is C8H16BrO. The van der Waals surface area contributed by atoms with Crippen LogP contribution in [0.4, 0.5) is 0 Å². The van der Waals surface area contributed by atoms with Gasteiger partial charge < -0.3 is 0 Å². The van der Waals surface area contributed by atoms with Crippen molar-refractivity contribution in [1.82, 2.24) is 0 Å². The Bertz CT molecular complexity index is 83.3. The minimum Gasteiger partial charge on any atom is -0.233 e. The Labute approximate surface area is 72.0 Å². The van der Waals surface area contributed by atoms with Crippen LogP contribution in [-0.2, 0) is 5.11 Å². The lowest BCUT2D eigenvalue weighted by Gasteiger charge is -2.14. The maximum Gasteiger partial charge on any atom is 0.0955 e. The van der Waals surface area contributed by atoms with Gasteiger partial charge in [0.2, 0.25) is 0 Å². The summed E-state index contributed by atoms with van der Waals surface area (Å²) in [6, 6.07) is 0. The molecule has 0 spiro atoms. The van der Waals surface area contributed by atoms with E-state index in [9.17, 15) is 5.11 Å². The fourth-order valence-electron chi connectivity index (χ4n) is 0.732. The molecule has 0 fully saturated rings. The van der Waals surface area contributed by atoms with E-state index in [-0.39, 0.29) is 12.0 Å². The molecule has 61 valence electrons. The Morgan fingerprint density at radius 2 is 1.80 bits per heavy atom. The van der Waals surface area contributed by atoms with Gasteiger partial charge in [-0.1, -0.05) is 36.7 Å². The Hall–Kier alpha value is 0.440. The van der Waals surface area contributed by atoms with E-state index in [0.717, 1.165) is 11.8 Å². The molecule has 1 radical (unpaired) electrons. The molecule has 0 aromatic rings. The van der Waals surface area contributed by atoms with Gasteiger partial charge in [-0.3, -0.25) is 0 Å². The second kappa shape index (κ2) is 5.14. The summed E-state index contributed by atoms with van der Waals surface area (Å²) in [7, 11) is 0. The van der Waals surface area contributed by atoms with Crippen LogP contribution in [0.5, 0.6) is 0 Å². The number of halogens is 1. The van der Waals surface area contributed by atoms with Crippen molar-refractivity contribution in [3.05, 3.63) is 0 Å². The van der Waals surface area contributed by atoms with E-state index in [4.69, 9.17) is 0 Å². The lowest BCUT2D eigenvalue weighted by atomic mass is 9.98. The molecule has 10 heavy (non-hydrogen) atoms. The zero-order valence-electron chi connectivity index (χ0n) is 6.93. The van der Waals surface area contributed by atoms with E-state index in [2.05, 4.69) is 22.9 Å². The highest BCUT2D eigenvalue weighted by Gasteiger charge is 2.14. The van der Waals surface area contributed by atoms with Crippen molar-refractivity contribution in [1.29, 1.82) is 0 Å². The summed E-state index contributed by atoms with van der Waals surface area (Å²) >= 11 is 3.35. The van der Waals surface area contributed by atoms with E-state index in [0.29, 0.717) is 5.92 Å². The highest BCUT2D eigenvalue weighted by atomic mass is 79.9. The van der Waals surface area contributed by atoms with Crippen LogP contribution in [-0.4, -0.2) is 11.4 Å². The Kier molecular flexibility index (Phi) is 5.36. The van der Waals surface area contributed by atoms with E-state index in [1.807, 2.05) is 13.8 Å². The second-order valence-corrected chi connectivity index (χ2v) is 3.93. The van der Waals surface area contributed by atoms with Crippen molar-refractivity contribution < 1.29 is 5.11 Å². The largest absolute Gasteiger partial charge is 0.233 e. The lowest BCUT2D eigenvalue weighted by Crippen LogP contribution is -2.17. The molecule has 0 aliphatic rings. The van der Waals surface area contributed by atoms with Crippen LogP contribution in [0, 0.1) is 11.8 Å². The van der Waals surface area contributed by atoms with Gasteiger partial charge in [-0.05, 0) is 18.3 Å². The maximum atomic E-state index is 11.2. The summed E-state index contributed by atoms with van der Waals surface area (Å²) < 4.78 is 0. The predicted octanol–water partition coefficient (Wildman–Crippen LogP) is 2.86. The Balaban J connectivity index is 3.46. The van der Waals surface area contributed by atoms with Crippen LogP contribution >= 0.6 is 15.9 Å². The molecule has 0 heterocycles. The van der Waals surface area contributed by atoms with Crippen LogP contribution in [0.25, 0.3) is 0 Å². The molecule has 2 heteroatoms. The van der Waals surface area contributed by atoms with Crippen molar-refractivity contribution in [2.45, 2.75) is 33.3 Å². The summed E-state index contributed by atoms with van der Waals surface area (Å²) in [5.41, 5.74) is 0. The van der Waals surface area contributed by atoms with Crippen LogP contribution in [0.3, 0.4) is 0 Å². The summed E-state index contributed by atoms with van der Waals surface area (Å²) in [6.07, 6.45) is 0.413. The first-order chi connectivity index (χ1) is 4.57. The van der Waals surface area contributed by atoms with Crippen LogP contribution in [0.2, 0.25) is 0 Å². The monoisotopic (exact) mass is 207 g/mol. The molecule has 0 rings (SSSR count). The van der Waals surface area contributed by atoms with Crippen LogP contribution in [0.1, 0.15) is 27.2 Å². The van der Waals surface area contributed by atoms with Crippen molar-refractivity contribution in [2.24, 2.45) is 11.8 Å².